The van der Waals surface area contributed by atoms with Gasteiger partial charge in [0.05, 0.1) is 17.1 Å². The molecule has 0 fully saturated rings. The number of non-ortho nitro benzene ring substituents is 1. The van der Waals surface area contributed by atoms with Crippen LogP contribution in [0.4, 0.5) is 5.69 Å². The zero-order valence-electron chi connectivity index (χ0n) is 11.8. The molecule has 0 radical (unpaired) electrons. The van der Waals surface area contributed by atoms with Gasteiger partial charge in [-0.3, -0.25) is 19.7 Å². The molecular formula is C13H16N2O6. The van der Waals surface area contributed by atoms with Crippen molar-refractivity contribution in [2.45, 2.75) is 6.92 Å². The first kappa shape index (κ1) is 16.6. The van der Waals surface area contributed by atoms with Crippen molar-refractivity contribution in [2.24, 2.45) is 0 Å². The first-order valence-electron chi connectivity index (χ1n) is 6.13. The highest BCUT2D eigenvalue weighted by Crippen LogP contribution is 2.24. The second kappa shape index (κ2) is 7.95. The predicted octanol–water partition coefficient (Wildman–Crippen LogP) is 0.939. The van der Waals surface area contributed by atoms with Gasteiger partial charge in [-0.2, -0.15) is 0 Å². The highest BCUT2D eigenvalue weighted by atomic mass is 16.6. The van der Waals surface area contributed by atoms with Gasteiger partial charge in [-0.25, -0.2) is 0 Å². The number of methoxy groups -OCH3 is 1. The van der Waals surface area contributed by atoms with E-state index in [1.165, 1.54) is 26.2 Å². The molecule has 0 aromatic heterocycles. The largest absolute Gasteiger partial charge is 0.483 e. The lowest BCUT2D eigenvalue weighted by molar-refractivity contribution is -0.384. The van der Waals surface area contributed by atoms with E-state index in [9.17, 15) is 19.7 Å². The molecule has 0 aliphatic carbocycles. The molecule has 1 aromatic carbocycles. The minimum atomic E-state index is -0.603. The summed E-state index contributed by atoms with van der Waals surface area (Å²) in [6.45, 7) is 1.70. The number of benzene rings is 1. The van der Waals surface area contributed by atoms with Crippen LogP contribution in [0.25, 0.3) is 0 Å². The summed E-state index contributed by atoms with van der Waals surface area (Å²) in [5.74, 6) is -0.622. The van der Waals surface area contributed by atoms with Crippen molar-refractivity contribution in [3.05, 3.63) is 33.9 Å². The van der Waals surface area contributed by atoms with Crippen LogP contribution >= 0.6 is 0 Å². The molecule has 0 saturated heterocycles. The Morgan fingerprint density at radius 1 is 1.38 bits per heavy atom. The van der Waals surface area contributed by atoms with Crippen molar-refractivity contribution in [3.63, 3.8) is 0 Å². The summed E-state index contributed by atoms with van der Waals surface area (Å²) in [4.78, 5) is 33.0. The van der Waals surface area contributed by atoms with Crippen molar-refractivity contribution in [1.82, 2.24) is 5.32 Å². The third-order valence-corrected chi connectivity index (χ3v) is 2.54. The number of Topliss-reactive ketones (excluding diaryl/α,β-unsaturated/α-hetero) is 1. The van der Waals surface area contributed by atoms with Crippen LogP contribution in [-0.4, -0.2) is 43.5 Å². The van der Waals surface area contributed by atoms with Gasteiger partial charge in [0, 0.05) is 25.8 Å². The Kier molecular flexibility index (Phi) is 6.28. The van der Waals surface area contributed by atoms with E-state index >= 15 is 0 Å². The molecule has 0 aliphatic heterocycles. The van der Waals surface area contributed by atoms with E-state index in [1.807, 2.05) is 0 Å². The third-order valence-electron chi connectivity index (χ3n) is 2.54. The highest BCUT2D eigenvalue weighted by Gasteiger charge is 2.15. The van der Waals surface area contributed by atoms with Crippen LogP contribution < -0.4 is 10.1 Å². The maximum atomic E-state index is 11.5. The van der Waals surface area contributed by atoms with Gasteiger partial charge in [-0.05, 0) is 13.0 Å². The number of ketones is 1. The van der Waals surface area contributed by atoms with Crippen LogP contribution in [0.1, 0.15) is 17.3 Å². The summed E-state index contributed by atoms with van der Waals surface area (Å²) in [5.41, 5.74) is -0.147. The summed E-state index contributed by atoms with van der Waals surface area (Å²) in [6, 6.07) is 3.64. The summed E-state index contributed by atoms with van der Waals surface area (Å²) >= 11 is 0. The average Bonchev–Trinajstić information content (AvgIpc) is 2.45. The van der Waals surface area contributed by atoms with E-state index in [0.717, 1.165) is 6.07 Å². The van der Waals surface area contributed by atoms with Crippen LogP contribution in [-0.2, 0) is 9.53 Å². The van der Waals surface area contributed by atoms with Gasteiger partial charge < -0.3 is 14.8 Å². The number of carbonyl (C=O) groups is 2. The highest BCUT2D eigenvalue weighted by molar-refractivity contribution is 5.97. The Labute approximate surface area is 121 Å². The van der Waals surface area contributed by atoms with E-state index in [1.54, 1.807) is 0 Å². The molecule has 8 heteroatoms. The van der Waals surface area contributed by atoms with Gasteiger partial charge in [0.2, 0.25) is 0 Å². The maximum Gasteiger partial charge on any atom is 0.270 e. The summed E-state index contributed by atoms with van der Waals surface area (Å²) in [7, 11) is 1.51. The molecule has 0 atom stereocenters. The molecule has 0 heterocycles. The van der Waals surface area contributed by atoms with E-state index in [0.29, 0.717) is 13.2 Å². The molecule has 0 aliphatic rings. The number of hydrogen-bond donors (Lipinski definition) is 1. The van der Waals surface area contributed by atoms with Crippen LogP contribution in [0.2, 0.25) is 0 Å². The van der Waals surface area contributed by atoms with Gasteiger partial charge in [-0.15, -0.1) is 0 Å². The Bertz CT molecular complexity index is 543. The number of hydrogen-bond acceptors (Lipinski definition) is 6. The normalized spacial score (nSPS) is 10.0. The molecule has 8 nitrogen and oxygen atoms in total. The number of ether oxygens (including phenoxy) is 2. The molecule has 1 N–H and O–H groups in total. The lowest BCUT2D eigenvalue weighted by Crippen LogP contribution is -2.31. The van der Waals surface area contributed by atoms with E-state index in [2.05, 4.69) is 5.32 Å². The van der Waals surface area contributed by atoms with Gasteiger partial charge in [0.1, 0.15) is 5.75 Å². The molecule has 0 bridgehead atoms. The fraction of sp³-hybridized carbons (Fsp3) is 0.385. The number of nitro groups is 1. The van der Waals surface area contributed by atoms with E-state index < -0.39 is 4.92 Å². The zero-order chi connectivity index (χ0) is 15.8. The van der Waals surface area contributed by atoms with Gasteiger partial charge >= 0.3 is 0 Å². The molecule has 0 saturated carbocycles. The van der Waals surface area contributed by atoms with Crippen molar-refractivity contribution in [2.75, 3.05) is 26.9 Å². The fourth-order valence-electron chi connectivity index (χ4n) is 1.52. The van der Waals surface area contributed by atoms with Crippen molar-refractivity contribution < 1.29 is 24.0 Å². The smallest absolute Gasteiger partial charge is 0.270 e. The summed E-state index contributed by atoms with van der Waals surface area (Å²) < 4.78 is 10.0. The van der Waals surface area contributed by atoms with Crippen LogP contribution in [0.3, 0.4) is 0 Å². The molecular weight excluding hydrogens is 280 g/mol. The molecule has 1 amide bonds. The minimum Gasteiger partial charge on any atom is -0.483 e. The Hall–Kier alpha value is -2.48. The van der Waals surface area contributed by atoms with E-state index in [4.69, 9.17) is 9.47 Å². The second-order valence-electron chi connectivity index (χ2n) is 4.13. The summed E-state index contributed by atoms with van der Waals surface area (Å²) in [5, 5.41) is 13.2. The minimum absolute atomic E-state index is 0.0638. The topological polar surface area (TPSA) is 108 Å². The molecule has 0 spiro atoms. The van der Waals surface area contributed by atoms with Crippen molar-refractivity contribution in [1.29, 1.82) is 0 Å². The van der Waals surface area contributed by atoms with Crippen LogP contribution in [0, 0.1) is 10.1 Å². The lowest BCUT2D eigenvalue weighted by atomic mass is 10.1. The van der Waals surface area contributed by atoms with Crippen molar-refractivity contribution >= 4 is 17.4 Å². The number of nitro benzene ring substituents is 1. The zero-order valence-corrected chi connectivity index (χ0v) is 11.8. The van der Waals surface area contributed by atoms with Gasteiger partial charge in [0.25, 0.3) is 11.6 Å². The van der Waals surface area contributed by atoms with Crippen molar-refractivity contribution in [3.8, 4) is 5.75 Å². The number of nitrogens with zero attached hydrogens (tertiary/aromatic N) is 1. The predicted molar refractivity (Wildman–Crippen MR) is 73.5 cm³/mol. The summed E-state index contributed by atoms with van der Waals surface area (Å²) in [6.07, 6.45) is 0. The Morgan fingerprint density at radius 3 is 2.67 bits per heavy atom. The third kappa shape index (κ3) is 5.19. The number of nitrogens with one attached hydrogen (secondary N) is 1. The van der Waals surface area contributed by atoms with Gasteiger partial charge in [0.15, 0.2) is 12.4 Å². The standard InChI is InChI=1S/C13H16N2O6/c1-9(16)11-7-10(15(18)19)3-4-12(11)21-8-13(17)14-5-6-20-2/h3-4,7H,5-6,8H2,1-2H3,(H,14,17). The SMILES string of the molecule is COCCNC(=O)COc1ccc([N+](=O)[O-])cc1C(C)=O. The maximum absolute atomic E-state index is 11.5. The Balaban J connectivity index is 2.72. The average molecular weight is 296 g/mol. The Morgan fingerprint density at radius 2 is 2.10 bits per heavy atom. The first-order valence-corrected chi connectivity index (χ1v) is 6.13. The van der Waals surface area contributed by atoms with E-state index in [-0.39, 0.29) is 35.3 Å². The molecule has 0 unspecified atom stereocenters. The number of carbonyl (C=O) groups excluding carboxylic acids is 2. The lowest BCUT2D eigenvalue weighted by Gasteiger charge is -2.10. The number of amides is 1. The first-order chi connectivity index (χ1) is 9.95. The molecule has 21 heavy (non-hydrogen) atoms. The van der Waals surface area contributed by atoms with Crippen LogP contribution in [0.5, 0.6) is 5.75 Å². The fourth-order valence-corrected chi connectivity index (χ4v) is 1.52. The van der Waals surface area contributed by atoms with Crippen LogP contribution in [0.15, 0.2) is 18.2 Å². The molecule has 114 valence electrons. The second-order valence-corrected chi connectivity index (χ2v) is 4.13. The number of rotatable bonds is 8. The molecule has 1 rings (SSSR count). The monoisotopic (exact) mass is 296 g/mol. The molecule has 1 aromatic rings. The van der Waals surface area contributed by atoms with Gasteiger partial charge in [-0.1, -0.05) is 0 Å². The quantitative estimate of drug-likeness (QED) is 0.331.